The zero-order valence-electron chi connectivity index (χ0n) is 9.63. The number of aliphatic carboxylic acids is 1. The first-order valence-corrected chi connectivity index (χ1v) is 6.83. The highest BCUT2D eigenvalue weighted by Crippen LogP contribution is 2.46. The van der Waals surface area contributed by atoms with Crippen molar-refractivity contribution in [1.82, 2.24) is 0 Å². The summed E-state index contributed by atoms with van der Waals surface area (Å²) in [6.45, 7) is -0.495. The van der Waals surface area contributed by atoms with E-state index in [0.717, 1.165) is 0 Å². The molecule has 0 amide bonds. The summed E-state index contributed by atoms with van der Waals surface area (Å²) in [6.07, 6.45) is -3.96. The van der Waals surface area contributed by atoms with Gasteiger partial charge in [-0.25, -0.2) is 0 Å². The first-order chi connectivity index (χ1) is 8.30. The van der Waals surface area contributed by atoms with Crippen molar-refractivity contribution < 1.29 is 38.5 Å². The van der Waals surface area contributed by atoms with Crippen LogP contribution >= 0.6 is 7.60 Å². The fraction of sp³-hybridized carbons (Fsp3) is 0.875. The minimum Gasteiger partial charge on any atom is -0.481 e. The quantitative estimate of drug-likeness (QED) is 0.398. The molecule has 1 aliphatic rings. The van der Waals surface area contributed by atoms with Gasteiger partial charge in [0.05, 0.1) is 6.61 Å². The van der Waals surface area contributed by atoms with E-state index in [0.29, 0.717) is 0 Å². The molecule has 8 nitrogen and oxygen atoms in total. The van der Waals surface area contributed by atoms with Crippen LogP contribution in [0, 0.1) is 0 Å². The Bertz CT molecular complexity index is 350. The van der Waals surface area contributed by atoms with E-state index in [-0.39, 0.29) is 0 Å². The fourth-order valence-corrected chi connectivity index (χ4v) is 2.75. The fourth-order valence-electron chi connectivity index (χ4n) is 1.70. The average Bonchev–Trinajstić information content (AvgIpc) is 2.51. The standard InChI is InChI=1S/C8H14BO8P/c1-15-7-6(4(2-10)16-8(7)9)17-18(13,14)3-5(11)12/h4,6-8,10H,2-3H2,1H3,(H,11,12)(H,13,14)/t4-,6?,7?,8-/m1/s1. The summed E-state index contributed by atoms with van der Waals surface area (Å²) in [5.41, 5.74) is 0. The molecule has 0 spiro atoms. The second-order valence-electron chi connectivity index (χ2n) is 3.78. The number of hydrogen-bond acceptors (Lipinski definition) is 6. The third kappa shape index (κ3) is 3.78. The molecule has 102 valence electrons. The number of ether oxygens (including phenoxy) is 2. The second kappa shape index (κ2) is 6.14. The summed E-state index contributed by atoms with van der Waals surface area (Å²) >= 11 is 0. The molecular weight excluding hydrogens is 266 g/mol. The van der Waals surface area contributed by atoms with Crippen molar-refractivity contribution >= 4 is 21.4 Å². The Hall–Kier alpha value is -0.435. The number of carboxylic acids is 1. The third-order valence-corrected chi connectivity index (χ3v) is 3.66. The molecule has 0 saturated carbocycles. The lowest BCUT2D eigenvalue weighted by molar-refractivity contribution is -0.134. The summed E-state index contributed by atoms with van der Waals surface area (Å²) in [4.78, 5) is 19.8. The zero-order chi connectivity index (χ0) is 13.9. The van der Waals surface area contributed by atoms with Gasteiger partial charge in [0.1, 0.15) is 32.3 Å². The number of carbonyl (C=O) groups is 1. The molecule has 1 rings (SSSR count). The van der Waals surface area contributed by atoms with Crippen molar-refractivity contribution in [2.24, 2.45) is 0 Å². The Kier molecular flexibility index (Phi) is 5.33. The molecule has 1 aliphatic heterocycles. The maximum atomic E-state index is 11.5. The molecule has 10 heteroatoms. The SMILES string of the molecule is [B][C@@H]1O[C@H](CO)C(OP(=O)(O)CC(=O)O)C1OC. The third-order valence-electron chi connectivity index (χ3n) is 2.42. The highest BCUT2D eigenvalue weighted by Gasteiger charge is 2.46. The van der Waals surface area contributed by atoms with Crippen LogP contribution in [0.5, 0.6) is 0 Å². The van der Waals surface area contributed by atoms with E-state index in [1.165, 1.54) is 7.11 Å². The van der Waals surface area contributed by atoms with Gasteiger partial charge < -0.3 is 24.6 Å². The number of rotatable bonds is 6. The van der Waals surface area contributed by atoms with Gasteiger partial charge in [0.25, 0.3) is 0 Å². The Balaban J connectivity index is 2.78. The van der Waals surface area contributed by atoms with E-state index in [2.05, 4.69) is 0 Å². The van der Waals surface area contributed by atoms with Crippen molar-refractivity contribution in [3.63, 3.8) is 0 Å². The van der Waals surface area contributed by atoms with Gasteiger partial charge in [-0.15, -0.1) is 0 Å². The van der Waals surface area contributed by atoms with Gasteiger partial charge in [-0.05, 0) is 0 Å². The molecule has 1 heterocycles. The summed E-state index contributed by atoms with van der Waals surface area (Å²) in [5, 5.41) is 17.5. The van der Waals surface area contributed by atoms with Crippen LogP contribution < -0.4 is 0 Å². The molecule has 0 aromatic heterocycles. The van der Waals surface area contributed by atoms with Crippen molar-refractivity contribution in [2.75, 3.05) is 19.9 Å². The lowest BCUT2D eigenvalue weighted by atomic mass is 9.93. The minimum atomic E-state index is -4.35. The molecule has 0 aliphatic carbocycles. The molecule has 2 radical (unpaired) electrons. The lowest BCUT2D eigenvalue weighted by Crippen LogP contribution is -2.38. The van der Waals surface area contributed by atoms with Crippen LogP contribution in [0.1, 0.15) is 0 Å². The Morgan fingerprint density at radius 1 is 1.50 bits per heavy atom. The average molecular weight is 280 g/mol. The normalized spacial score (nSPS) is 35.3. The van der Waals surface area contributed by atoms with E-state index >= 15 is 0 Å². The summed E-state index contributed by atoms with van der Waals surface area (Å²) in [7, 11) is 2.48. The molecule has 18 heavy (non-hydrogen) atoms. The van der Waals surface area contributed by atoms with Crippen LogP contribution in [0.3, 0.4) is 0 Å². The predicted molar refractivity (Wildman–Crippen MR) is 59.5 cm³/mol. The molecule has 1 saturated heterocycles. The van der Waals surface area contributed by atoms with Gasteiger partial charge >= 0.3 is 13.6 Å². The van der Waals surface area contributed by atoms with Gasteiger partial charge in [-0.3, -0.25) is 13.9 Å². The van der Waals surface area contributed by atoms with Crippen LogP contribution in [0.15, 0.2) is 0 Å². The van der Waals surface area contributed by atoms with Crippen LogP contribution in [0.25, 0.3) is 0 Å². The summed E-state index contributed by atoms with van der Waals surface area (Å²) in [5.74, 6) is -1.47. The van der Waals surface area contributed by atoms with E-state index in [4.69, 9.17) is 32.1 Å². The lowest BCUT2D eigenvalue weighted by Gasteiger charge is -2.24. The van der Waals surface area contributed by atoms with Crippen LogP contribution in [0.4, 0.5) is 0 Å². The zero-order valence-corrected chi connectivity index (χ0v) is 10.5. The smallest absolute Gasteiger partial charge is 0.339 e. The number of methoxy groups -OCH3 is 1. The van der Waals surface area contributed by atoms with Gasteiger partial charge in [-0.1, -0.05) is 0 Å². The molecule has 5 atom stereocenters. The van der Waals surface area contributed by atoms with Crippen molar-refractivity contribution in [3.8, 4) is 0 Å². The van der Waals surface area contributed by atoms with Gasteiger partial charge in [0.2, 0.25) is 0 Å². The Labute approximate surface area is 105 Å². The van der Waals surface area contributed by atoms with E-state index < -0.39 is 50.6 Å². The number of hydrogen-bond donors (Lipinski definition) is 3. The number of aliphatic hydroxyl groups is 1. The first kappa shape index (κ1) is 15.6. The predicted octanol–water partition coefficient (Wildman–Crippen LogP) is -1.46. The molecule has 3 unspecified atom stereocenters. The Morgan fingerprint density at radius 2 is 2.11 bits per heavy atom. The van der Waals surface area contributed by atoms with Crippen LogP contribution in [0.2, 0.25) is 0 Å². The van der Waals surface area contributed by atoms with Crippen molar-refractivity contribution in [3.05, 3.63) is 0 Å². The number of carboxylic acid groups (broad SMARTS) is 1. The highest BCUT2D eigenvalue weighted by atomic mass is 31.2. The molecule has 0 aromatic rings. The second-order valence-corrected chi connectivity index (χ2v) is 5.58. The van der Waals surface area contributed by atoms with Gasteiger partial charge in [-0.2, -0.15) is 0 Å². The van der Waals surface area contributed by atoms with Crippen LogP contribution in [-0.2, 0) is 23.4 Å². The summed E-state index contributed by atoms with van der Waals surface area (Å²) < 4.78 is 26.4. The largest absolute Gasteiger partial charge is 0.481 e. The first-order valence-electron chi connectivity index (χ1n) is 5.07. The van der Waals surface area contributed by atoms with Gasteiger partial charge in [0.15, 0.2) is 0 Å². The maximum absolute atomic E-state index is 11.5. The maximum Gasteiger partial charge on any atom is 0.339 e. The van der Waals surface area contributed by atoms with Crippen molar-refractivity contribution in [2.45, 2.75) is 24.3 Å². The monoisotopic (exact) mass is 280 g/mol. The molecular formula is C8H14BO8P. The van der Waals surface area contributed by atoms with Crippen molar-refractivity contribution in [1.29, 1.82) is 0 Å². The highest BCUT2D eigenvalue weighted by molar-refractivity contribution is 7.53. The van der Waals surface area contributed by atoms with Crippen LogP contribution in [-0.4, -0.2) is 73.1 Å². The van der Waals surface area contributed by atoms with E-state index in [1.807, 2.05) is 0 Å². The number of aliphatic hydroxyl groups excluding tert-OH is 1. The molecule has 0 bridgehead atoms. The topological polar surface area (TPSA) is 123 Å². The van der Waals surface area contributed by atoms with E-state index in [9.17, 15) is 14.3 Å². The summed E-state index contributed by atoms with van der Waals surface area (Å²) in [6, 6.07) is -0.929. The molecule has 1 fully saturated rings. The molecule has 3 N–H and O–H groups in total. The van der Waals surface area contributed by atoms with Gasteiger partial charge in [0, 0.05) is 13.1 Å². The Morgan fingerprint density at radius 3 is 2.56 bits per heavy atom. The molecule has 0 aromatic carbocycles. The minimum absolute atomic E-state index is 0.495. The van der Waals surface area contributed by atoms with E-state index in [1.54, 1.807) is 0 Å².